The largest absolute Gasteiger partial charge is 0.493 e. The van der Waals surface area contributed by atoms with E-state index in [2.05, 4.69) is 38.2 Å². The predicted molar refractivity (Wildman–Crippen MR) is 82.8 cm³/mol. The SMILES string of the molecule is CCc1ccccc1OCCCC(C)(C#N)NC(C)C. The Kier molecular flexibility index (Phi) is 6.54. The van der Waals surface area contributed by atoms with Crippen molar-refractivity contribution >= 4 is 0 Å². The Hall–Kier alpha value is -1.53. The monoisotopic (exact) mass is 274 g/mol. The topological polar surface area (TPSA) is 45.0 Å². The van der Waals surface area contributed by atoms with E-state index < -0.39 is 5.54 Å². The molecule has 1 aromatic rings. The first-order valence-corrected chi connectivity index (χ1v) is 7.40. The highest BCUT2D eigenvalue weighted by Gasteiger charge is 2.23. The van der Waals surface area contributed by atoms with Gasteiger partial charge in [0.25, 0.3) is 0 Å². The zero-order chi connectivity index (χ0) is 15.0. The molecule has 20 heavy (non-hydrogen) atoms. The number of benzene rings is 1. The van der Waals surface area contributed by atoms with Crippen molar-refractivity contribution in [2.24, 2.45) is 0 Å². The first kappa shape index (κ1) is 16.5. The van der Waals surface area contributed by atoms with Crippen LogP contribution in [0, 0.1) is 11.3 Å². The molecule has 0 aromatic heterocycles. The maximum Gasteiger partial charge on any atom is 0.122 e. The molecule has 0 radical (unpaired) electrons. The van der Waals surface area contributed by atoms with E-state index in [1.165, 1.54) is 5.56 Å². The number of hydrogen-bond donors (Lipinski definition) is 1. The number of rotatable bonds is 8. The molecule has 0 aliphatic heterocycles. The number of nitrogens with one attached hydrogen (secondary N) is 1. The average molecular weight is 274 g/mol. The molecule has 0 saturated carbocycles. The third-order valence-corrected chi connectivity index (χ3v) is 3.29. The average Bonchev–Trinajstić information content (AvgIpc) is 2.43. The van der Waals surface area contributed by atoms with Crippen molar-refractivity contribution in [2.75, 3.05) is 6.61 Å². The summed E-state index contributed by atoms with van der Waals surface area (Å²) in [5.74, 6) is 0.963. The highest BCUT2D eigenvalue weighted by Crippen LogP contribution is 2.19. The van der Waals surface area contributed by atoms with Crippen LogP contribution in [0.4, 0.5) is 0 Å². The van der Waals surface area contributed by atoms with Gasteiger partial charge < -0.3 is 4.74 Å². The molecule has 3 heteroatoms. The number of nitrogens with zero attached hydrogens (tertiary/aromatic N) is 1. The van der Waals surface area contributed by atoms with Crippen LogP contribution in [0.25, 0.3) is 0 Å². The van der Waals surface area contributed by atoms with Crippen LogP contribution in [0.2, 0.25) is 0 Å². The summed E-state index contributed by atoms with van der Waals surface area (Å²) in [7, 11) is 0. The zero-order valence-electron chi connectivity index (χ0n) is 13.1. The van der Waals surface area contributed by atoms with Crippen molar-refractivity contribution in [3.63, 3.8) is 0 Å². The van der Waals surface area contributed by atoms with Crippen LogP contribution >= 0.6 is 0 Å². The first-order chi connectivity index (χ1) is 9.50. The molecule has 0 heterocycles. The Labute approximate surface area is 123 Å². The molecule has 1 aromatic carbocycles. The Morgan fingerprint density at radius 1 is 1.35 bits per heavy atom. The lowest BCUT2D eigenvalue weighted by Crippen LogP contribution is -2.45. The van der Waals surface area contributed by atoms with E-state index in [0.29, 0.717) is 12.6 Å². The summed E-state index contributed by atoms with van der Waals surface area (Å²) in [5.41, 5.74) is 0.762. The molecule has 0 amide bonds. The van der Waals surface area contributed by atoms with Gasteiger partial charge in [-0.25, -0.2) is 0 Å². The number of ether oxygens (including phenoxy) is 1. The molecule has 0 fully saturated rings. The maximum absolute atomic E-state index is 9.28. The molecule has 1 N–H and O–H groups in total. The fraction of sp³-hybridized carbons (Fsp3) is 0.588. The van der Waals surface area contributed by atoms with E-state index in [1.807, 2.05) is 25.1 Å². The minimum absolute atomic E-state index is 0.307. The lowest BCUT2D eigenvalue weighted by Gasteiger charge is -2.25. The van der Waals surface area contributed by atoms with E-state index in [4.69, 9.17) is 4.74 Å². The van der Waals surface area contributed by atoms with Crippen LogP contribution in [0.1, 0.15) is 46.1 Å². The molecule has 0 aliphatic rings. The fourth-order valence-electron chi connectivity index (χ4n) is 2.34. The summed E-state index contributed by atoms with van der Waals surface area (Å²) in [6.45, 7) is 8.84. The van der Waals surface area contributed by atoms with Gasteiger partial charge in [0.05, 0.1) is 12.7 Å². The summed E-state index contributed by atoms with van der Waals surface area (Å²) in [6.07, 6.45) is 2.62. The summed E-state index contributed by atoms with van der Waals surface area (Å²) < 4.78 is 5.84. The minimum atomic E-state index is -0.470. The van der Waals surface area contributed by atoms with Crippen molar-refractivity contribution in [1.29, 1.82) is 5.26 Å². The summed E-state index contributed by atoms with van der Waals surface area (Å²) >= 11 is 0. The van der Waals surface area contributed by atoms with Crippen molar-refractivity contribution in [3.05, 3.63) is 29.8 Å². The van der Waals surface area contributed by atoms with Gasteiger partial charge in [0.1, 0.15) is 11.3 Å². The van der Waals surface area contributed by atoms with Crippen molar-refractivity contribution in [1.82, 2.24) is 5.32 Å². The predicted octanol–water partition coefficient (Wildman–Crippen LogP) is 3.69. The van der Waals surface area contributed by atoms with Gasteiger partial charge in [-0.1, -0.05) is 25.1 Å². The Morgan fingerprint density at radius 2 is 2.05 bits per heavy atom. The molecular formula is C17H26N2O. The molecule has 0 saturated heterocycles. The van der Waals surface area contributed by atoms with Crippen LogP contribution in [0.15, 0.2) is 24.3 Å². The smallest absolute Gasteiger partial charge is 0.122 e. The van der Waals surface area contributed by atoms with Crippen LogP contribution in [0.5, 0.6) is 5.75 Å². The molecule has 110 valence electrons. The lowest BCUT2D eigenvalue weighted by molar-refractivity contribution is 0.278. The van der Waals surface area contributed by atoms with Gasteiger partial charge in [-0.15, -0.1) is 0 Å². The second-order valence-electron chi connectivity index (χ2n) is 5.66. The van der Waals surface area contributed by atoms with Crippen LogP contribution in [0.3, 0.4) is 0 Å². The maximum atomic E-state index is 9.28. The Balaban J connectivity index is 2.43. The molecule has 1 unspecified atom stereocenters. The molecule has 3 nitrogen and oxygen atoms in total. The number of nitriles is 1. The molecule has 0 aliphatic carbocycles. The van der Waals surface area contributed by atoms with Gasteiger partial charge in [-0.3, -0.25) is 5.32 Å². The van der Waals surface area contributed by atoms with Gasteiger partial charge in [0.2, 0.25) is 0 Å². The summed E-state index contributed by atoms with van der Waals surface area (Å²) in [4.78, 5) is 0. The summed E-state index contributed by atoms with van der Waals surface area (Å²) in [6, 6.07) is 10.8. The molecule has 0 spiro atoms. The van der Waals surface area contributed by atoms with Crippen LogP contribution in [-0.4, -0.2) is 18.2 Å². The van der Waals surface area contributed by atoms with E-state index >= 15 is 0 Å². The molecule has 0 bridgehead atoms. The summed E-state index contributed by atoms with van der Waals surface area (Å²) in [5, 5.41) is 12.6. The third kappa shape index (κ3) is 5.22. The number of aryl methyl sites for hydroxylation is 1. The van der Waals surface area contributed by atoms with Gasteiger partial charge in [0.15, 0.2) is 0 Å². The van der Waals surface area contributed by atoms with E-state index in [9.17, 15) is 5.26 Å². The second-order valence-corrected chi connectivity index (χ2v) is 5.66. The Morgan fingerprint density at radius 3 is 2.65 bits per heavy atom. The van der Waals surface area contributed by atoms with Crippen LogP contribution < -0.4 is 10.1 Å². The minimum Gasteiger partial charge on any atom is -0.493 e. The zero-order valence-corrected chi connectivity index (χ0v) is 13.1. The van der Waals surface area contributed by atoms with E-state index in [-0.39, 0.29) is 0 Å². The lowest BCUT2D eigenvalue weighted by atomic mass is 9.97. The number of hydrogen-bond acceptors (Lipinski definition) is 3. The van der Waals surface area contributed by atoms with Crippen molar-refractivity contribution in [3.8, 4) is 11.8 Å². The fourth-order valence-corrected chi connectivity index (χ4v) is 2.34. The van der Waals surface area contributed by atoms with Gasteiger partial charge in [0, 0.05) is 6.04 Å². The van der Waals surface area contributed by atoms with Crippen molar-refractivity contribution < 1.29 is 4.74 Å². The van der Waals surface area contributed by atoms with Crippen LogP contribution in [-0.2, 0) is 6.42 Å². The second kappa shape index (κ2) is 7.91. The van der Waals surface area contributed by atoms with Gasteiger partial charge in [-0.2, -0.15) is 5.26 Å². The third-order valence-electron chi connectivity index (χ3n) is 3.29. The van der Waals surface area contributed by atoms with Gasteiger partial charge >= 0.3 is 0 Å². The van der Waals surface area contributed by atoms with E-state index in [1.54, 1.807) is 0 Å². The highest BCUT2D eigenvalue weighted by atomic mass is 16.5. The normalized spacial score (nSPS) is 13.8. The van der Waals surface area contributed by atoms with Crippen molar-refractivity contribution in [2.45, 2.75) is 58.5 Å². The van der Waals surface area contributed by atoms with E-state index in [0.717, 1.165) is 25.0 Å². The highest BCUT2D eigenvalue weighted by molar-refractivity contribution is 5.33. The standard InChI is InChI=1S/C17H26N2O/c1-5-15-9-6-7-10-16(15)20-12-8-11-17(4,13-18)19-14(2)3/h6-7,9-10,14,19H,5,8,11-12H2,1-4H3. The Bertz CT molecular complexity index is 451. The molecule has 1 atom stereocenters. The van der Waals surface area contributed by atoms with Gasteiger partial charge in [-0.05, 0) is 51.7 Å². The quantitative estimate of drug-likeness (QED) is 0.735. The number of para-hydroxylation sites is 1. The first-order valence-electron chi connectivity index (χ1n) is 7.40. The molecule has 1 rings (SSSR count). The molecular weight excluding hydrogens is 248 g/mol.